The minimum atomic E-state index is 0.811. The summed E-state index contributed by atoms with van der Waals surface area (Å²) in [6.45, 7) is 10.3. The zero-order valence-corrected chi connectivity index (χ0v) is 33.6. The van der Waals surface area contributed by atoms with E-state index in [9.17, 15) is 0 Å². The second-order valence-corrected chi connectivity index (χ2v) is 15.3. The smallest absolute Gasteiger partial charge is 0.126 e. The first-order valence-corrected chi connectivity index (χ1v) is 22.5. The second-order valence-electron chi connectivity index (χ2n) is 15.3. The van der Waals surface area contributed by atoms with E-state index in [0.29, 0.717) is 0 Å². The number of hydrogen-bond acceptors (Lipinski definition) is 2. The topological polar surface area (TPSA) is 18.5 Å². The van der Waals surface area contributed by atoms with Crippen LogP contribution in [0.5, 0.6) is 11.5 Å². The van der Waals surface area contributed by atoms with Crippen molar-refractivity contribution in [2.24, 2.45) is 0 Å². The van der Waals surface area contributed by atoms with Crippen LogP contribution in [0.3, 0.4) is 0 Å². The molecule has 0 bridgehead atoms. The van der Waals surface area contributed by atoms with Crippen molar-refractivity contribution in [2.45, 2.75) is 245 Å². The predicted octanol–water partition coefficient (Wildman–Crippen LogP) is 16.5. The highest BCUT2D eigenvalue weighted by Crippen LogP contribution is 2.30. The molecule has 287 valence electrons. The van der Waals surface area contributed by atoms with Crippen LogP contribution < -0.4 is 9.47 Å². The van der Waals surface area contributed by atoms with Gasteiger partial charge in [-0.3, -0.25) is 0 Å². The van der Waals surface area contributed by atoms with Gasteiger partial charge in [0.05, 0.1) is 13.2 Å². The summed E-state index contributed by atoms with van der Waals surface area (Å²) in [6.07, 6.45) is 49.5. The van der Waals surface area contributed by atoms with Gasteiger partial charge in [-0.05, 0) is 37.8 Å². The van der Waals surface area contributed by atoms with Crippen LogP contribution in [0.2, 0.25) is 0 Å². The fraction of sp³-hybridized carbons (Fsp3) is 0.851. The van der Waals surface area contributed by atoms with Crippen LogP contribution in [-0.4, -0.2) is 13.2 Å². The Morgan fingerprint density at radius 3 is 0.857 bits per heavy atom. The van der Waals surface area contributed by atoms with Crippen molar-refractivity contribution in [3.63, 3.8) is 0 Å². The molecule has 2 nitrogen and oxygen atoms in total. The number of ether oxygens (including phenoxy) is 2. The van der Waals surface area contributed by atoms with E-state index >= 15 is 0 Å². The van der Waals surface area contributed by atoms with E-state index in [1.54, 1.807) is 0 Å². The van der Waals surface area contributed by atoms with Crippen LogP contribution in [0, 0.1) is 6.92 Å². The van der Waals surface area contributed by atoms with Crippen molar-refractivity contribution in [2.75, 3.05) is 13.2 Å². The van der Waals surface area contributed by atoms with E-state index in [0.717, 1.165) is 50.4 Å². The number of rotatable bonds is 40. The molecule has 0 aliphatic heterocycles. The average Bonchev–Trinajstić information content (AvgIpc) is 3.11. The summed E-state index contributed by atoms with van der Waals surface area (Å²) in [6, 6.07) is 6.35. The molecule has 0 spiro atoms. The molecule has 0 N–H and O–H groups in total. The zero-order valence-electron chi connectivity index (χ0n) is 33.6. The lowest BCUT2D eigenvalue weighted by atomic mass is 10.0. The standard InChI is InChI=1S/C47H87O2/c1-4-7-9-11-13-15-17-19-21-23-25-27-29-31-33-35-37-43-48-46-41-39-42-47(45(46)40-6-3)49-44-38-36-34-32-30-28-26-24-22-20-18-16-14-12-10-8-5-2/h39,41-42H,3-38,40,43-44H2,1-2H3. The summed E-state index contributed by atoms with van der Waals surface area (Å²) in [7, 11) is 0. The minimum absolute atomic E-state index is 0.811. The molecule has 0 saturated heterocycles. The third kappa shape index (κ3) is 30.2. The van der Waals surface area contributed by atoms with E-state index in [-0.39, 0.29) is 0 Å². The van der Waals surface area contributed by atoms with Gasteiger partial charge in [-0.1, -0.05) is 232 Å². The molecular formula is C47H87O2. The fourth-order valence-electron chi connectivity index (χ4n) is 7.26. The first-order chi connectivity index (χ1) is 24.3. The predicted molar refractivity (Wildman–Crippen MR) is 219 cm³/mol. The van der Waals surface area contributed by atoms with Gasteiger partial charge >= 0.3 is 0 Å². The number of hydrogen-bond donors (Lipinski definition) is 0. The summed E-state index contributed by atoms with van der Waals surface area (Å²) in [5.41, 5.74) is 1.22. The van der Waals surface area contributed by atoms with Crippen LogP contribution in [0.4, 0.5) is 0 Å². The molecule has 0 fully saturated rings. The Morgan fingerprint density at radius 2 is 0.612 bits per heavy atom. The van der Waals surface area contributed by atoms with E-state index in [1.165, 1.54) is 211 Å². The molecule has 0 aliphatic rings. The lowest BCUT2D eigenvalue weighted by molar-refractivity contribution is 0.284. The van der Waals surface area contributed by atoms with Crippen LogP contribution in [0.15, 0.2) is 18.2 Å². The van der Waals surface area contributed by atoms with Gasteiger partial charge in [0.1, 0.15) is 11.5 Å². The summed E-state index contributed by atoms with van der Waals surface area (Å²) >= 11 is 0. The first kappa shape index (κ1) is 45.8. The highest BCUT2D eigenvalue weighted by molar-refractivity contribution is 5.45. The Balaban J connectivity index is 1.99. The van der Waals surface area contributed by atoms with Crippen molar-refractivity contribution >= 4 is 0 Å². The summed E-state index contributed by atoms with van der Waals surface area (Å²) in [5, 5.41) is 0. The van der Waals surface area contributed by atoms with E-state index in [4.69, 9.17) is 9.47 Å². The number of unbranched alkanes of at least 4 members (excludes halogenated alkanes) is 32. The summed E-state index contributed by atoms with van der Waals surface area (Å²) in [4.78, 5) is 0. The average molecular weight is 684 g/mol. The maximum atomic E-state index is 6.29. The fourth-order valence-corrected chi connectivity index (χ4v) is 7.26. The number of benzene rings is 1. The van der Waals surface area contributed by atoms with Gasteiger partial charge in [0.2, 0.25) is 0 Å². The largest absolute Gasteiger partial charge is 0.493 e. The summed E-state index contributed by atoms with van der Waals surface area (Å²) < 4.78 is 12.6. The normalized spacial score (nSPS) is 11.4. The third-order valence-corrected chi connectivity index (χ3v) is 10.5. The van der Waals surface area contributed by atoms with Crippen molar-refractivity contribution in [1.29, 1.82) is 0 Å². The molecule has 1 aromatic rings. The van der Waals surface area contributed by atoms with Gasteiger partial charge < -0.3 is 9.47 Å². The van der Waals surface area contributed by atoms with Crippen LogP contribution in [0.25, 0.3) is 0 Å². The van der Waals surface area contributed by atoms with Crippen molar-refractivity contribution in [3.8, 4) is 11.5 Å². The lowest BCUT2D eigenvalue weighted by Crippen LogP contribution is -2.04. The quantitative estimate of drug-likeness (QED) is 0.0641. The Bertz CT molecular complexity index is 715. The molecule has 0 amide bonds. The second kappa shape index (κ2) is 38.1. The van der Waals surface area contributed by atoms with Gasteiger partial charge in [0.25, 0.3) is 0 Å². The monoisotopic (exact) mass is 684 g/mol. The van der Waals surface area contributed by atoms with E-state index in [1.807, 2.05) is 0 Å². The molecule has 1 aromatic carbocycles. The van der Waals surface area contributed by atoms with Gasteiger partial charge in [0.15, 0.2) is 0 Å². The first-order valence-electron chi connectivity index (χ1n) is 22.5. The molecule has 1 radical (unpaired) electrons. The summed E-state index contributed by atoms with van der Waals surface area (Å²) in [5.74, 6) is 2.03. The Morgan fingerprint density at radius 1 is 0.367 bits per heavy atom. The molecule has 0 aliphatic carbocycles. The van der Waals surface area contributed by atoms with E-state index < -0.39 is 0 Å². The Kier molecular flexibility index (Phi) is 35.6. The zero-order chi connectivity index (χ0) is 35.1. The molecule has 0 heterocycles. The van der Waals surface area contributed by atoms with Crippen molar-refractivity contribution < 1.29 is 9.47 Å². The molecule has 49 heavy (non-hydrogen) atoms. The van der Waals surface area contributed by atoms with Gasteiger partial charge in [-0.25, -0.2) is 0 Å². The Hall–Kier alpha value is -1.18. The van der Waals surface area contributed by atoms with Crippen molar-refractivity contribution in [1.82, 2.24) is 0 Å². The van der Waals surface area contributed by atoms with Crippen LogP contribution >= 0.6 is 0 Å². The van der Waals surface area contributed by atoms with Crippen molar-refractivity contribution in [3.05, 3.63) is 30.7 Å². The molecule has 0 unspecified atom stereocenters. The highest BCUT2D eigenvalue weighted by Gasteiger charge is 2.10. The molecule has 2 heteroatoms. The lowest BCUT2D eigenvalue weighted by Gasteiger charge is -2.16. The van der Waals surface area contributed by atoms with Gasteiger partial charge in [0, 0.05) is 5.56 Å². The van der Waals surface area contributed by atoms with E-state index in [2.05, 4.69) is 39.0 Å². The van der Waals surface area contributed by atoms with Crippen LogP contribution in [-0.2, 0) is 6.42 Å². The highest BCUT2D eigenvalue weighted by atomic mass is 16.5. The van der Waals surface area contributed by atoms with Gasteiger partial charge in [-0.15, -0.1) is 0 Å². The maximum absolute atomic E-state index is 6.29. The molecule has 1 rings (SSSR count). The SMILES string of the molecule is [CH2]CCc1c(OCCCCCCCCCCCCCCCCCCC)cccc1OCCCCCCCCCCCCCCCCCCC. The minimum Gasteiger partial charge on any atom is -0.493 e. The maximum Gasteiger partial charge on any atom is 0.126 e. The molecule has 0 aromatic heterocycles. The Labute approximate surface area is 309 Å². The molecule has 0 saturated carbocycles. The van der Waals surface area contributed by atoms with Crippen LogP contribution in [0.1, 0.15) is 244 Å². The molecular weight excluding hydrogens is 597 g/mol. The van der Waals surface area contributed by atoms with Gasteiger partial charge in [-0.2, -0.15) is 0 Å². The third-order valence-electron chi connectivity index (χ3n) is 10.5. The molecule has 0 atom stereocenters.